The van der Waals surface area contributed by atoms with Crippen molar-refractivity contribution in [2.24, 2.45) is 0 Å². The lowest BCUT2D eigenvalue weighted by atomic mass is 9.65. The van der Waals surface area contributed by atoms with Gasteiger partial charge >= 0.3 is 5.97 Å². The fourth-order valence-corrected chi connectivity index (χ4v) is 3.64. The molecule has 0 fully saturated rings. The molecule has 1 aliphatic rings. The fourth-order valence-electron chi connectivity index (χ4n) is 3.64. The van der Waals surface area contributed by atoms with E-state index in [9.17, 15) is 4.79 Å². The van der Waals surface area contributed by atoms with Gasteiger partial charge in [0, 0.05) is 0 Å². The molecule has 0 saturated carbocycles. The lowest BCUT2D eigenvalue weighted by Crippen LogP contribution is -2.55. The Hall–Kier alpha value is -1.61. The number of hydrogen-bond donors (Lipinski definition) is 0. The summed E-state index contributed by atoms with van der Waals surface area (Å²) in [5, 5.41) is 0. The van der Waals surface area contributed by atoms with E-state index in [1.54, 1.807) is 0 Å². The van der Waals surface area contributed by atoms with E-state index in [4.69, 9.17) is 4.74 Å². The van der Waals surface area contributed by atoms with Crippen LogP contribution in [0, 0.1) is 0 Å². The summed E-state index contributed by atoms with van der Waals surface area (Å²) in [4.78, 5) is 15.0. The maximum absolute atomic E-state index is 12.9. The molecule has 1 aliphatic carbocycles. The van der Waals surface area contributed by atoms with Crippen LogP contribution in [0.5, 0.6) is 0 Å². The Morgan fingerprint density at radius 1 is 1.33 bits per heavy atom. The van der Waals surface area contributed by atoms with Crippen LogP contribution in [0.1, 0.15) is 32.3 Å². The van der Waals surface area contributed by atoms with Gasteiger partial charge in [0.1, 0.15) is 5.41 Å². The lowest BCUT2D eigenvalue weighted by Gasteiger charge is -2.45. The third-order valence-electron chi connectivity index (χ3n) is 4.35. The lowest BCUT2D eigenvalue weighted by molar-refractivity contribution is -0.153. The molecular formula is C18H25NO2. The fraction of sp³-hybridized carbons (Fsp3) is 0.500. The number of esters is 1. The van der Waals surface area contributed by atoms with Gasteiger partial charge in [-0.3, -0.25) is 4.79 Å². The van der Waals surface area contributed by atoms with Crippen molar-refractivity contribution in [2.75, 3.05) is 20.7 Å². The minimum absolute atomic E-state index is 0.0349. The van der Waals surface area contributed by atoms with Crippen molar-refractivity contribution >= 4 is 5.97 Å². The van der Waals surface area contributed by atoms with Crippen LogP contribution in [0.2, 0.25) is 0 Å². The molecule has 0 amide bonds. The predicted molar refractivity (Wildman–Crippen MR) is 85.2 cm³/mol. The average molecular weight is 287 g/mol. The van der Waals surface area contributed by atoms with Gasteiger partial charge in [-0.1, -0.05) is 42.0 Å². The summed E-state index contributed by atoms with van der Waals surface area (Å²) in [7, 11) is 4.06. The topological polar surface area (TPSA) is 29.5 Å². The number of allylic oxidation sites excluding steroid dienone is 1. The van der Waals surface area contributed by atoms with Crippen LogP contribution in [-0.4, -0.2) is 37.6 Å². The SMILES string of the molecule is CCOC(=O)[C@]1(c2ccccc2)CCC=C(C)[C@H]1N(C)C. The molecule has 3 heteroatoms. The molecule has 1 aromatic rings. The van der Waals surface area contributed by atoms with Crippen LogP contribution in [0.3, 0.4) is 0 Å². The van der Waals surface area contributed by atoms with Crippen LogP contribution in [0.25, 0.3) is 0 Å². The summed E-state index contributed by atoms with van der Waals surface area (Å²) in [6.45, 7) is 4.39. The molecule has 2 atom stereocenters. The van der Waals surface area contributed by atoms with Gasteiger partial charge < -0.3 is 9.64 Å². The van der Waals surface area contributed by atoms with Crippen molar-refractivity contribution in [1.82, 2.24) is 4.90 Å². The molecule has 0 aromatic heterocycles. The summed E-state index contributed by atoms with van der Waals surface area (Å²) in [5.74, 6) is -0.109. The molecular weight excluding hydrogens is 262 g/mol. The zero-order valence-corrected chi connectivity index (χ0v) is 13.4. The molecule has 3 nitrogen and oxygen atoms in total. The van der Waals surface area contributed by atoms with Gasteiger partial charge in [-0.25, -0.2) is 0 Å². The van der Waals surface area contributed by atoms with Crippen LogP contribution in [0.15, 0.2) is 42.0 Å². The number of carbonyl (C=O) groups excluding carboxylic acids is 1. The number of nitrogens with zero attached hydrogens (tertiary/aromatic N) is 1. The van der Waals surface area contributed by atoms with Crippen LogP contribution < -0.4 is 0 Å². The third-order valence-corrected chi connectivity index (χ3v) is 4.35. The Balaban J connectivity index is 2.60. The maximum Gasteiger partial charge on any atom is 0.318 e. The maximum atomic E-state index is 12.9. The molecule has 114 valence electrons. The van der Waals surface area contributed by atoms with Gasteiger partial charge in [0.25, 0.3) is 0 Å². The van der Waals surface area contributed by atoms with Gasteiger partial charge in [0.2, 0.25) is 0 Å². The van der Waals surface area contributed by atoms with Crippen molar-refractivity contribution in [3.8, 4) is 0 Å². The number of rotatable bonds is 4. The molecule has 0 heterocycles. The normalized spacial score (nSPS) is 25.6. The van der Waals surface area contributed by atoms with Crippen molar-refractivity contribution in [3.05, 3.63) is 47.5 Å². The molecule has 0 saturated heterocycles. The third kappa shape index (κ3) is 2.75. The van der Waals surface area contributed by atoms with E-state index in [2.05, 4.69) is 17.9 Å². The first kappa shape index (κ1) is 15.8. The summed E-state index contributed by atoms with van der Waals surface area (Å²) in [5.41, 5.74) is 1.68. The second kappa shape index (κ2) is 6.44. The zero-order chi connectivity index (χ0) is 15.5. The van der Waals surface area contributed by atoms with E-state index in [0.717, 1.165) is 18.4 Å². The number of ether oxygens (including phenoxy) is 1. The number of carbonyl (C=O) groups is 1. The minimum atomic E-state index is -0.612. The summed E-state index contributed by atoms with van der Waals surface area (Å²) < 4.78 is 5.48. The van der Waals surface area contributed by atoms with E-state index in [1.807, 2.05) is 51.4 Å². The van der Waals surface area contributed by atoms with Gasteiger partial charge in [0.15, 0.2) is 0 Å². The molecule has 0 aliphatic heterocycles. The Morgan fingerprint density at radius 2 is 2.00 bits per heavy atom. The highest BCUT2D eigenvalue weighted by molar-refractivity contribution is 5.85. The van der Waals surface area contributed by atoms with Crippen LogP contribution in [-0.2, 0) is 14.9 Å². The van der Waals surface area contributed by atoms with E-state index < -0.39 is 5.41 Å². The zero-order valence-electron chi connectivity index (χ0n) is 13.4. The monoisotopic (exact) mass is 287 g/mol. The van der Waals surface area contributed by atoms with E-state index in [0.29, 0.717) is 6.61 Å². The van der Waals surface area contributed by atoms with Gasteiger partial charge in [-0.15, -0.1) is 0 Å². The van der Waals surface area contributed by atoms with Crippen molar-refractivity contribution < 1.29 is 9.53 Å². The molecule has 2 rings (SSSR count). The van der Waals surface area contributed by atoms with Gasteiger partial charge in [-0.2, -0.15) is 0 Å². The highest BCUT2D eigenvalue weighted by Gasteiger charge is 2.51. The largest absolute Gasteiger partial charge is 0.465 e. The smallest absolute Gasteiger partial charge is 0.318 e. The second-order valence-corrected chi connectivity index (χ2v) is 5.91. The Morgan fingerprint density at radius 3 is 2.57 bits per heavy atom. The van der Waals surface area contributed by atoms with E-state index in [1.165, 1.54) is 5.57 Å². The number of likely N-dealkylation sites (N-methyl/N-ethyl adjacent to an activating group) is 1. The Kier molecular flexibility index (Phi) is 4.84. The summed E-state index contributed by atoms with van der Waals surface area (Å²) in [6.07, 6.45) is 3.94. The standard InChI is InChI=1S/C18H25NO2/c1-5-21-17(20)18(15-11-7-6-8-12-15)13-9-10-14(2)16(18)19(3)4/h6-8,10-12,16H,5,9,13H2,1-4H3/t16-,18+/m1/s1. The van der Waals surface area contributed by atoms with Crippen molar-refractivity contribution in [1.29, 1.82) is 0 Å². The minimum Gasteiger partial charge on any atom is -0.465 e. The van der Waals surface area contributed by atoms with E-state index >= 15 is 0 Å². The first-order valence-corrected chi connectivity index (χ1v) is 7.60. The molecule has 0 N–H and O–H groups in total. The second-order valence-electron chi connectivity index (χ2n) is 5.91. The first-order valence-electron chi connectivity index (χ1n) is 7.60. The molecule has 21 heavy (non-hydrogen) atoms. The molecule has 1 aromatic carbocycles. The summed E-state index contributed by atoms with van der Waals surface area (Å²) >= 11 is 0. The number of hydrogen-bond acceptors (Lipinski definition) is 3. The predicted octanol–water partition coefficient (Wildman–Crippen LogP) is 3.16. The van der Waals surface area contributed by atoms with Crippen LogP contribution >= 0.6 is 0 Å². The molecule has 0 radical (unpaired) electrons. The molecule has 0 bridgehead atoms. The molecule has 0 spiro atoms. The Bertz CT molecular complexity index is 521. The van der Waals surface area contributed by atoms with Crippen molar-refractivity contribution in [3.63, 3.8) is 0 Å². The van der Waals surface area contributed by atoms with E-state index in [-0.39, 0.29) is 12.0 Å². The van der Waals surface area contributed by atoms with Gasteiger partial charge in [0.05, 0.1) is 12.6 Å². The highest BCUT2D eigenvalue weighted by Crippen LogP contribution is 2.42. The first-order chi connectivity index (χ1) is 10.0. The van der Waals surface area contributed by atoms with Crippen molar-refractivity contribution in [2.45, 2.75) is 38.1 Å². The van der Waals surface area contributed by atoms with Crippen LogP contribution in [0.4, 0.5) is 0 Å². The van der Waals surface area contributed by atoms with Gasteiger partial charge in [-0.05, 0) is 46.3 Å². The quantitative estimate of drug-likeness (QED) is 0.629. The Labute approximate surface area is 127 Å². The molecule has 0 unspecified atom stereocenters. The summed E-state index contributed by atoms with van der Waals surface area (Å²) in [6, 6.07) is 10.1. The highest BCUT2D eigenvalue weighted by atomic mass is 16.5. The average Bonchev–Trinajstić information content (AvgIpc) is 2.47. The number of benzene rings is 1.